The standard InChI is InChI=1S/C17H20N2O4S/c1-10(2)8-18-17(22)19-14(20)9-23-16(21)15-11(3)12-6-4-5-7-13(12)24-15/h4-7,10H,8-9H2,1-3H3,(H2,18,19,20,22). The fourth-order valence-corrected chi connectivity index (χ4v) is 3.17. The Morgan fingerprint density at radius 3 is 2.58 bits per heavy atom. The molecule has 2 aromatic rings. The van der Waals surface area contributed by atoms with E-state index in [4.69, 9.17) is 4.74 Å². The molecule has 1 aromatic carbocycles. The molecule has 0 atom stereocenters. The minimum atomic E-state index is -0.664. The molecule has 7 heteroatoms. The average Bonchev–Trinajstić information content (AvgIpc) is 2.88. The van der Waals surface area contributed by atoms with E-state index >= 15 is 0 Å². The van der Waals surface area contributed by atoms with Crippen molar-refractivity contribution < 1.29 is 19.1 Å². The average molecular weight is 348 g/mol. The Hall–Kier alpha value is -2.41. The molecular weight excluding hydrogens is 328 g/mol. The number of urea groups is 1. The summed E-state index contributed by atoms with van der Waals surface area (Å²) in [6.45, 7) is 5.69. The van der Waals surface area contributed by atoms with E-state index in [-0.39, 0.29) is 5.92 Å². The minimum Gasteiger partial charge on any atom is -0.451 e. The first-order valence-electron chi connectivity index (χ1n) is 7.61. The molecule has 0 saturated heterocycles. The van der Waals surface area contributed by atoms with Gasteiger partial charge in [0.15, 0.2) is 6.61 Å². The van der Waals surface area contributed by atoms with Crippen molar-refractivity contribution in [2.45, 2.75) is 20.8 Å². The molecule has 2 rings (SSSR count). The number of esters is 1. The van der Waals surface area contributed by atoms with Gasteiger partial charge in [0.25, 0.3) is 5.91 Å². The predicted molar refractivity (Wildman–Crippen MR) is 93.2 cm³/mol. The lowest BCUT2D eigenvalue weighted by atomic mass is 10.1. The maximum Gasteiger partial charge on any atom is 0.349 e. The molecule has 0 radical (unpaired) electrons. The summed E-state index contributed by atoms with van der Waals surface area (Å²) in [6.07, 6.45) is 0. The molecule has 0 aliphatic heterocycles. The van der Waals surface area contributed by atoms with Crippen molar-refractivity contribution in [3.8, 4) is 0 Å². The van der Waals surface area contributed by atoms with Crippen LogP contribution < -0.4 is 10.6 Å². The van der Waals surface area contributed by atoms with Gasteiger partial charge < -0.3 is 10.1 Å². The van der Waals surface area contributed by atoms with Crippen LogP contribution in [0.25, 0.3) is 10.1 Å². The Labute approximate surface area is 144 Å². The quantitative estimate of drug-likeness (QED) is 0.814. The maximum atomic E-state index is 12.1. The highest BCUT2D eigenvalue weighted by Crippen LogP contribution is 2.30. The molecule has 0 saturated carbocycles. The first-order chi connectivity index (χ1) is 11.4. The van der Waals surface area contributed by atoms with Gasteiger partial charge in [0.1, 0.15) is 4.88 Å². The lowest BCUT2D eigenvalue weighted by Crippen LogP contribution is -2.42. The topological polar surface area (TPSA) is 84.5 Å². The maximum absolute atomic E-state index is 12.1. The normalized spacial score (nSPS) is 10.7. The van der Waals surface area contributed by atoms with Gasteiger partial charge in [-0.25, -0.2) is 9.59 Å². The van der Waals surface area contributed by atoms with Gasteiger partial charge >= 0.3 is 12.0 Å². The molecule has 0 bridgehead atoms. The molecule has 6 nitrogen and oxygen atoms in total. The first-order valence-corrected chi connectivity index (χ1v) is 8.43. The second kappa shape index (κ2) is 7.92. The molecule has 0 spiro atoms. The van der Waals surface area contributed by atoms with Crippen molar-refractivity contribution in [2.75, 3.05) is 13.2 Å². The summed E-state index contributed by atoms with van der Waals surface area (Å²) in [5.41, 5.74) is 0.829. The van der Waals surface area contributed by atoms with Crippen molar-refractivity contribution in [3.05, 3.63) is 34.7 Å². The van der Waals surface area contributed by atoms with Crippen LogP contribution in [0.5, 0.6) is 0 Å². The molecule has 0 unspecified atom stereocenters. The highest BCUT2D eigenvalue weighted by Gasteiger charge is 2.18. The summed E-state index contributed by atoms with van der Waals surface area (Å²) in [5.74, 6) is -0.950. The number of amides is 3. The van der Waals surface area contributed by atoms with Gasteiger partial charge in [-0.15, -0.1) is 11.3 Å². The number of hydrogen-bond acceptors (Lipinski definition) is 5. The summed E-state index contributed by atoms with van der Waals surface area (Å²) < 4.78 is 5.99. The Morgan fingerprint density at radius 1 is 1.21 bits per heavy atom. The van der Waals surface area contributed by atoms with E-state index in [0.717, 1.165) is 15.6 Å². The van der Waals surface area contributed by atoms with E-state index in [1.807, 2.05) is 45.0 Å². The van der Waals surface area contributed by atoms with Crippen molar-refractivity contribution in [1.29, 1.82) is 0 Å². The number of benzene rings is 1. The second-order valence-electron chi connectivity index (χ2n) is 5.78. The van der Waals surface area contributed by atoms with Gasteiger partial charge in [-0.05, 0) is 29.9 Å². The molecule has 0 aliphatic rings. The van der Waals surface area contributed by atoms with E-state index in [1.54, 1.807) is 0 Å². The zero-order valence-electron chi connectivity index (χ0n) is 13.8. The van der Waals surface area contributed by atoms with Crippen LogP contribution in [0, 0.1) is 12.8 Å². The van der Waals surface area contributed by atoms with Crippen LogP contribution in [0.4, 0.5) is 4.79 Å². The van der Waals surface area contributed by atoms with Gasteiger partial charge in [-0.3, -0.25) is 10.1 Å². The number of carbonyl (C=O) groups excluding carboxylic acids is 3. The molecular formula is C17H20N2O4S. The molecule has 24 heavy (non-hydrogen) atoms. The summed E-state index contributed by atoms with van der Waals surface area (Å²) in [7, 11) is 0. The van der Waals surface area contributed by atoms with E-state index in [1.165, 1.54) is 11.3 Å². The number of aryl methyl sites for hydroxylation is 1. The van der Waals surface area contributed by atoms with Crippen molar-refractivity contribution in [2.24, 2.45) is 5.92 Å². The van der Waals surface area contributed by atoms with Crippen molar-refractivity contribution in [1.82, 2.24) is 10.6 Å². The fourth-order valence-electron chi connectivity index (χ4n) is 2.07. The third-order valence-electron chi connectivity index (χ3n) is 3.29. The molecule has 0 aliphatic carbocycles. The number of imide groups is 1. The van der Waals surface area contributed by atoms with Crippen molar-refractivity contribution >= 4 is 39.3 Å². The van der Waals surface area contributed by atoms with Gasteiger partial charge in [0, 0.05) is 11.2 Å². The summed E-state index contributed by atoms with van der Waals surface area (Å²) in [6, 6.07) is 7.07. The largest absolute Gasteiger partial charge is 0.451 e. The number of rotatable bonds is 5. The molecule has 1 heterocycles. The van der Waals surface area contributed by atoms with E-state index in [0.29, 0.717) is 11.4 Å². The first kappa shape index (κ1) is 17.9. The number of carbonyl (C=O) groups is 3. The van der Waals surface area contributed by atoms with Crippen LogP contribution in [-0.4, -0.2) is 31.1 Å². The van der Waals surface area contributed by atoms with Crippen LogP contribution in [0.1, 0.15) is 29.1 Å². The van der Waals surface area contributed by atoms with Gasteiger partial charge in [-0.1, -0.05) is 32.0 Å². The van der Waals surface area contributed by atoms with Gasteiger partial charge in [0.05, 0.1) is 0 Å². The highest BCUT2D eigenvalue weighted by molar-refractivity contribution is 7.21. The summed E-state index contributed by atoms with van der Waals surface area (Å²) >= 11 is 1.32. The Kier molecular flexibility index (Phi) is 5.92. The second-order valence-corrected chi connectivity index (χ2v) is 6.83. The molecule has 3 amide bonds. The Balaban J connectivity index is 1.89. The van der Waals surface area contributed by atoms with E-state index in [2.05, 4.69) is 10.6 Å². The third kappa shape index (κ3) is 4.55. The Morgan fingerprint density at radius 2 is 1.92 bits per heavy atom. The summed E-state index contributed by atoms with van der Waals surface area (Å²) in [5, 5.41) is 5.66. The monoisotopic (exact) mass is 348 g/mol. The van der Waals surface area contributed by atoms with Crippen LogP contribution in [0.15, 0.2) is 24.3 Å². The zero-order valence-corrected chi connectivity index (χ0v) is 14.7. The molecule has 0 fully saturated rings. The van der Waals surface area contributed by atoms with Crippen LogP contribution >= 0.6 is 11.3 Å². The van der Waals surface area contributed by atoms with Crippen LogP contribution in [0.3, 0.4) is 0 Å². The fraction of sp³-hybridized carbons (Fsp3) is 0.353. The predicted octanol–water partition coefficient (Wildman–Crippen LogP) is 2.85. The lowest BCUT2D eigenvalue weighted by Gasteiger charge is -2.08. The zero-order chi connectivity index (χ0) is 17.7. The van der Waals surface area contributed by atoms with E-state index < -0.39 is 24.5 Å². The smallest absolute Gasteiger partial charge is 0.349 e. The molecule has 128 valence electrons. The number of fused-ring (bicyclic) bond motifs is 1. The summed E-state index contributed by atoms with van der Waals surface area (Å²) in [4.78, 5) is 35.7. The van der Waals surface area contributed by atoms with E-state index in [9.17, 15) is 14.4 Å². The number of hydrogen-bond donors (Lipinski definition) is 2. The van der Waals surface area contributed by atoms with Crippen LogP contribution in [0.2, 0.25) is 0 Å². The van der Waals surface area contributed by atoms with Gasteiger partial charge in [0.2, 0.25) is 0 Å². The minimum absolute atomic E-state index is 0.277. The van der Waals surface area contributed by atoms with Crippen LogP contribution in [-0.2, 0) is 9.53 Å². The number of ether oxygens (including phenoxy) is 1. The SMILES string of the molecule is Cc1c(C(=O)OCC(=O)NC(=O)NCC(C)C)sc2ccccc12. The Bertz CT molecular complexity index is 767. The molecule has 1 aromatic heterocycles. The number of nitrogens with one attached hydrogen (secondary N) is 2. The third-order valence-corrected chi connectivity index (χ3v) is 4.54. The number of thiophene rings is 1. The lowest BCUT2D eigenvalue weighted by molar-refractivity contribution is -0.123. The molecule has 2 N–H and O–H groups in total. The van der Waals surface area contributed by atoms with Crippen molar-refractivity contribution in [3.63, 3.8) is 0 Å². The van der Waals surface area contributed by atoms with Gasteiger partial charge in [-0.2, -0.15) is 0 Å². The highest BCUT2D eigenvalue weighted by atomic mass is 32.1.